The number of halogens is 3. The van der Waals surface area contributed by atoms with Gasteiger partial charge in [-0.05, 0) is 55.0 Å². The number of nitrogens with zero attached hydrogens (tertiary/aromatic N) is 2. The summed E-state index contributed by atoms with van der Waals surface area (Å²) in [5, 5.41) is 0.589. The topological polar surface area (TPSA) is 80.5 Å². The van der Waals surface area contributed by atoms with Gasteiger partial charge in [-0.15, -0.1) is 0 Å². The first-order valence-corrected chi connectivity index (χ1v) is 10.9. The van der Waals surface area contributed by atoms with Crippen molar-refractivity contribution in [2.75, 3.05) is 4.90 Å². The molecule has 1 aliphatic rings. The molecule has 1 saturated heterocycles. The molecule has 6 nitrogen and oxygen atoms in total. The van der Waals surface area contributed by atoms with E-state index in [0.29, 0.717) is 21.0 Å². The number of rotatable bonds is 4. The van der Waals surface area contributed by atoms with Crippen LogP contribution < -0.4 is 4.90 Å². The number of anilines is 1. The Hall–Kier alpha value is -3.43. The average molecular weight is 487 g/mol. The van der Waals surface area contributed by atoms with E-state index in [9.17, 15) is 23.2 Å². The molecule has 10 heteroatoms. The van der Waals surface area contributed by atoms with E-state index < -0.39 is 41.1 Å². The van der Waals surface area contributed by atoms with Crippen LogP contribution in [0.5, 0.6) is 0 Å². The Morgan fingerprint density at radius 2 is 1.88 bits per heavy atom. The summed E-state index contributed by atoms with van der Waals surface area (Å²) in [7, 11) is 0. The van der Waals surface area contributed by atoms with E-state index in [4.69, 9.17) is 16.0 Å². The monoisotopic (exact) mass is 486 g/mol. The van der Waals surface area contributed by atoms with Gasteiger partial charge in [0.15, 0.2) is 22.5 Å². The van der Waals surface area contributed by atoms with Crippen LogP contribution in [0, 0.1) is 24.5 Å². The van der Waals surface area contributed by atoms with Crippen LogP contribution in [0.25, 0.3) is 10.2 Å². The Balaban J connectivity index is 1.68. The molecule has 0 aliphatic carbocycles. The first kappa shape index (κ1) is 21.4. The third-order valence-corrected chi connectivity index (χ3v) is 6.65. The molecule has 2 aromatic heterocycles. The Labute approximate surface area is 194 Å². The summed E-state index contributed by atoms with van der Waals surface area (Å²) in [6.45, 7) is 1.63. The first-order valence-electron chi connectivity index (χ1n) is 9.73. The van der Waals surface area contributed by atoms with Crippen molar-refractivity contribution in [1.29, 1.82) is 0 Å². The van der Waals surface area contributed by atoms with Gasteiger partial charge in [-0.25, -0.2) is 13.8 Å². The van der Waals surface area contributed by atoms with E-state index in [1.165, 1.54) is 12.1 Å². The molecule has 0 saturated carbocycles. The lowest BCUT2D eigenvalue weighted by molar-refractivity contribution is -0.135. The second kappa shape index (κ2) is 7.86. The largest absolute Gasteiger partial charge is 0.458 e. The highest BCUT2D eigenvalue weighted by atomic mass is 35.5. The lowest BCUT2D eigenvalue weighted by Gasteiger charge is -2.24. The summed E-state index contributed by atoms with van der Waals surface area (Å²) in [4.78, 5) is 44.9. The first-order chi connectivity index (χ1) is 15.7. The van der Waals surface area contributed by atoms with Crippen LogP contribution in [-0.2, 0) is 9.59 Å². The van der Waals surface area contributed by atoms with Crippen LogP contribution in [-0.4, -0.2) is 22.5 Å². The Kier molecular flexibility index (Phi) is 5.10. The van der Waals surface area contributed by atoms with Crippen LogP contribution in [0.2, 0.25) is 5.02 Å². The lowest BCUT2D eigenvalue weighted by Crippen LogP contribution is -2.30. The van der Waals surface area contributed by atoms with Crippen molar-refractivity contribution in [1.82, 2.24) is 4.98 Å². The van der Waals surface area contributed by atoms with Crippen LogP contribution in [0.3, 0.4) is 0 Å². The molecule has 0 bridgehead atoms. The van der Waals surface area contributed by atoms with Crippen molar-refractivity contribution in [3.05, 3.63) is 82.3 Å². The number of benzene rings is 2. The van der Waals surface area contributed by atoms with Crippen LogP contribution in [0.1, 0.15) is 27.9 Å². The normalized spacial score (nSPS) is 18.5. The standard InChI is InChI=1S/C23H13ClF2N2O4S/c1-10-2-7-16(32-10)20(29)18-19(11-3-5-13(25)14(26)8-11)28(22(31)21(18)30)23-27-15-6-4-12(24)9-17(15)33-23/h2-9,18-19H,1H3. The molecule has 0 N–H and O–H groups in total. The van der Waals surface area contributed by atoms with Crippen molar-refractivity contribution in [3.63, 3.8) is 0 Å². The number of hydrogen-bond acceptors (Lipinski definition) is 6. The SMILES string of the molecule is Cc1ccc(C(=O)C2C(=O)C(=O)N(c3nc4ccc(Cl)cc4s3)C2c2ccc(F)c(F)c2)o1. The van der Waals surface area contributed by atoms with Gasteiger partial charge in [0.2, 0.25) is 11.6 Å². The second-order valence-electron chi connectivity index (χ2n) is 7.52. The number of furan rings is 1. The molecule has 1 amide bonds. The van der Waals surface area contributed by atoms with Gasteiger partial charge in [0.1, 0.15) is 11.7 Å². The van der Waals surface area contributed by atoms with Gasteiger partial charge in [-0.2, -0.15) is 0 Å². The molecule has 3 heterocycles. The highest BCUT2D eigenvalue weighted by Crippen LogP contribution is 2.44. The fraction of sp³-hybridized carbons (Fsp3) is 0.130. The number of carbonyl (C=O) groups excluding carboxylic acids is 3. The molecular formula is C23H13ClF2N2O4S. The Morgan fingerprint density at radius 1 is 1.09 bits per heavy atom. The third kappa shape index (κ3) is 3.53. The molecule has 4 aromatic rings. The summed E-state index contributed by atoms with van der Waals surface area (Å²) in [5.74, 6) is -6.15. The minimum Gasteiger partial charge on any atom is -0.458 e. The zero-order valence-electron chi connectivity index (χ0n) is 16.8. The third-order valence-electron chi connectivity index (χ3n) is 5.40. The number of hydrogen-bond donors (Lipinski definition) is 0. The van der Waals surface area contributed by atoms with Gasteiger partial charge in [-0.3, -0.25) is 19.3 Å². The molecule has 1 aliphatic heterocycles. The molecule has 2 atom stereocenters. The summed E-state index contributed by atoms with van der Waals surface area (Å²) in [5.41, 5.74) is 0.604. The van der Waals surface area contributed by atoms with Crippen molar-refractivity contribution in [2.24, 2.45) is 5.92 Å². The van der Waals surface area contributed by atoms with E-state index in [1.54, 1.807) is 31.2 Å². The smallest absolute Gasteiger partial charge is 0.297 e. The molecule has 2 aromatic carbocycles. The number of carbonyl (C=O) groups is 3. The van der Waals surface area contributed by atoms with E-state index >= 15 is 0 Å². The molecule has 0 radical (unpaired) electrons. The van der Waals surface area contributed by atoms with Crippen molar-refractivity contribution in [2.45, 2.75) is 13.0 Å². The molecule has 166 valence electrons. The number of aryl methyl sites for hydroxylation is 1. The number of ketones is 2. The predicted octanol–water partition coefficient (Wildman–Crippen LogP) is 5.29. The molecule has 0 spiro atoms. The van der Waals surface area contributed by atoms with Gasteiger partial charge in [-0.1, -0.05) is 29.0 Å². The van der Waals surface area contributed by atoms with Crippen molar-refractivity contribution >= 4 is 55.8 Å². The highest BCUT2D eigenvalue weighted by Gasteiger charge is 2.54. The Morgan fingerprint density at radius 3 is 2.58 bits per heavy atom. The van der Waals surface area contributed by atoms with E-state index in [1.807, 2.05) is 0 Å². The van der Waals surface area contributed by atoms with Crippen molar-refractivity contribution < 1.29 is 27.6 Å². The molecule has 5 rings (SSSR count). The minimum atomic E-state index is -1.52. The summed E-state index contributed by atoms with van der Waals surface area (Å²) < 4.78 is 33.8. The maximum Gasteiger partial charge on any atom is 0.297 e. The van der Waals surface area contributed by atoms with Gasteiger partial charge < -0.3 is 4.42 Å². The number of fused-ring (bicyclic) bond motifs is 1. The molecular weight excluding hydrogens is 474 g/mol. The molecule has 33 heavy (non-hydrogen) atoms. The number of amides is 1. The van der Waals surface area contributed by atoms with E-state index in [2.05, 4.69) is 4.98 Å². The quantitative estimate of drug-likeness (QED) is 0.222. The summed E-state index contributed by atoms with van der Waals surface area (Å²) in [6, 6.07) is 9.64. The Bertz CT molecular complexity index is 1460. The van der Waals surface area contributed by atoms with Gasteiger partial charge in [0, 0.05) is 5.02 Å². The molecule has 2 unspecified atom stereocenters. The highest BCUT2D eigenvalue weighted by molar-refractivity contribution is 7.22. The van der Waals surface area contributed by atoms with Gasteiger partial charge >= 0.3 is 0 Å². The van der Waals surface area contributed by atoms with Crippen LogP contribution in [0.4, 0.5) is 13.9 Å². The zero-order chi connectivity index (χ0) is 23.4. The number of aromatic nitrogens is 1. The fourth-order valence-corrected chi connectivity index (χ4v) is 5.16. The van der Waals surface area contributed by atoms with Crippen LogP contribution in [0.15, 0.2) is 52.9 Å². The van der Waals surface area contributed by atoms with Gasteiger partial charge in [0.05, 0.1) is 16.3 Å². The van der Waals surface area contributed by atoms with Crippen molar-refractivity contribution in [3.8, 4) is 0 Å². The minimum absolute atomic E-state index is 0.0759. The number of thiazole rings is 1. The van der Waals surface area contributed by atoms with E-state index in [0.717, 1.165) is 28.4 Å². The number of Topliss-reactive ketones (excluding diaryl/α,β-unsaturated/α-hetero) is 2. The summed E-state index contributed by atoms with van der Waals surface area (Å²) in [6.07, 6.45) is 0. The van der Waals surface area contributed by atoms with E-state index in [-0.39, 0.29) is 16.5 Å². The zero-order valence-corrected chi connectivity index (χ0v) is 18.4. The second-order valence-corrected chi connectivity index (χ2v) is 8.96. The maximum atomic E-state index is 14.1. The predicted molar refractivity (Wildman–Crippen MR) is 117 cm³/mol. The van der Waals surface area contributed by atoms with Gasteiger partial charge in [0.25, 0.3) is 5.91 Å². The maximum absolute atomic E-state index is 14.1. The lowest BCUT2D eigenvalue weighted by atomic mass is 9.88. The fourth-order valence-electron chi connectivity index (χ4n) is 3.89. The molecule has 1 fully saturated rings. The average Bonchev–Trinajstić information content (AvgIpc) is 3.46. The van der Waals surface area contributed by atoms with Crippen LogP contribution >= 0.6 is 22.9 Å². The summed E-state index contributed by atoms with van der Waals surface area (Å²) >= 11 is 7.13.